The fourth-order valence-electron chi connectivity index (χ4n) is 3.01. The Bertz CT molecular complexity index is 591. The van der Waals surface area contributed by atoms with Crippen molar-refractivity contribution in [2.24, 2.45) is 0 Å². The van der Waals surface area contributed by atoms with Gasteiger partial charge in [-0.1, -0.05) is 36.4 Å². The third-order valence-corrected chi connectivity index (χ3v) is 4.47. The highest BCUT2D eigenvalue weighted by molar-refractivity contribution is 5.88. The molecule has 0 aliphatic carbocycles. The zero-order valence-corrected chi connectivity index (χ0v) is 14.7. The lowest BCUT2D eigenvalue weighted by molar-refractivity contribution is 0.150. The normalized spacial score (nSPS) is 16.2. The van der Waals surface area contributed by atoms with Crippen LogP contribution in [0, 0.1) is 0 Å². The van der Waals surface area contributed by atoms with Crippen molar-refractivity contribution in [3.05, 3.63) is 42.5 Å². The van der Waals surface area contributed by atoms with Gasteiger partial charge in [-0.05, 0) is 37.9 Å². The number of nitrogens with zero attached hydrogens (tertiary/aromatic N) is 2. The molecule has 3 rings (SSSR count). The Morgan fingerprint density at radius 3 is 2.48 bits per heavy atom. The Kier molecular flexibility index (Phi) is 7.15. The number of hydrogen-bond donors (Lipinski definition) is 0. The van der Waals surface area contributed by atoms with Crippen LogP contribution in [0.5, 0.6) is 5.75 Å². The van der Waals surface area contributed by atoms with Gasteiger partial charge in [-0.2, -0.15) is 0 Å². The predicted molar refractivity (Wildman–Crippen MR) is 99.9 cm³/mol. The third kappa shape index (κ3) is 5.10. The van der Waals surface area contributed by atoms with Crippen LogP contribution in [0.2, 0.25) is 0 Å². The molecule has 1 aliphatic heterocycles. The van der Waals surface area contributed by atoms with Gasteiger partial charge in [0.2, 0.25) is 0 Å². The van der Waals surface area contributed by atoms with Gasteiger partial charge in [0.15, 0.2) is 0 Å². The monoisotopic (exact) mass is 334 g/mol. The van der Waals surface area contributed by atoms with Crippen LogP contribution in [0.25, 0.3) is 10.8 Å². The van der Waals surface area contributed by atoms with E-state index >= 15 is 0 Å². The fraction of sp³-hybridized carbons (Fsp3) is 0.474. The Balaban J connectivity index is 0.00000192. The van der Waals surface area contributed by atoms with Gasteiger partial charge in [-0.25, -0.2) is 0 Å². The van der Waals surface area contributed by atoms with Gasteiger partial charge in [-0.3, -0.25) is 0 Å². The van der Waals surface area contributed by atoms with Crippen molar-refractivity contribution in [1.29, 1.82) is 0 Å². The molecule has 1 aliphatic rings. The number of halogens is 1. The van der Waals surface area contributed by atoms with Crippen LogP contribution in [0.4, 0.5) is 0 Å². The molecule has 0 radical (unpaired) electrons. The summed E-state index contributed by atoms with van der Waals surface area (Å²) in [6.07, 6.45) is 2.34. The maximum atomic E-state index is 6.00. The molecule has 1 fully saturated rings. The van der Waals surface area contributed by atoms with Crippen molar-refractivity contribution in [3.8, 4) is 5.75 Å². The number of fused-ring (bicyclic) bond motifs is 1. The van der Waals surface area contributed by atoms with Crippen LogP contribution in [0.15, 0.2) is 42.5 Å². The molecule has 2 aromatic carbocycles. The molecular weight excluding hydrogens is 308 g/mol. The number of piperazine rings is 1. The Morgan fingerprint density at radius 2 is 1.65 bits per heavy atom. The number of unbranched alkanes of at least 4 members (excludes halogenated alkanes) is 1. The van der Waals surface area contributed by atoms with Gasteiger partial charge in [0, 0.05) is 31.6 Å². The van der Waals surface area contributed by atoms with Crippen LogP contribution in [-0.4, -0.2) is 56.2 Å². The van der Waals surface area contributed by atoms with Crippen LogP contribution in [0.3, 0.4) is 0 Å². The van der Waals surface area contributed by atoms with Crippen molar-refractivity contribution in [3.63, 3.8) is 0 Å². The summed E-state index contributed by atoms with van der Waals surface area (Å²) in [4.78, 5) is 4.97. The topological polar surface area (TPSA) is 15.7 Å². The quantitative estimate of drug-likeness (QED) is 0.750. The molecule has 0 aromatic heterocycles. The zero-order chi connectivity index (χ0) is 15.2. The van der Waals surface area contributed by atoms with Crippen molar-refractivity contribution in [2.75, 3.05) is 46.4 Å². The van der Waals surface area contributed by atoms with Gasteiger partial charge in [0.1, 0.15) is 5.75 Å². The summed E-state index contributed by atoms with van der Waals surface area (Å²) in [5, 5.41) is 2.46. The van der Waals surface area contributed by atoms with Gasteiger partial charge in [0.25, 0.3) is 0 Å². The van der Waals surface area contributed by atoms with Gasteiger partial charge in [0.05, 0.1) is 6.61 Å². The summed E-state index contributed by atoms with van der Waals surface area (Å²) in [6.45, 7) is 6.83. The molecule has 0 spiro atoms. The first-order chi connectivity index (χ1) is 10.8. The van der Waals surface area contributed by atoms with Crippen LogP contribution >= 0.6 is 12.4 Å². The minimum Gasteiger partial charge on any atom is -0.493 e. The van der Waals surface area contributed by atoms with E-state index in [0.717, 1.165) is 18.8 Å². The van der Waals surface area contributed by atoms with E-state index in [1.54, 1.807) is 0 Å². The summed E-state index contributed by atoms with van der Waals surface area (Å²) in [6, 6.07) is 14.7. The number of hydrogen-bond acceptors (Lipinski definition) is 3. The van der Waals surface area contributed by atoms with E-state index in [2.05, 4.69) is 59.3 Å². The molecule has 3 nitrogen and oxygen atoms in total. The van der Waals surface area contributed by atoms with E-state index in [0.29, 0.717) is 0 Å². The highest BCUT2D eigenvalue weighted by atomic mass is 35.5. The summed E-state index contributed by atoms with van der Waals surface area (Å²) < 4.78 is 6.00. The SMILES string of the molecule is CN1CCN(CCCCOc2cccc3ccccc23)CC1.Cl. The Labute approximate surface area is 145 Å². The summed E-state index contributed by atoms with van der Waals surface area (Å²) in [7, 11) is 2.20. The first-order valence-electron chi connectivity index (χ1n) is 8.34. The van der Waals surface area contributed by atoms with Crippen LogP contribution < -0.4 is 4.74 Å². The van der Waals surface area contributed by atoms with E-state index in [4.69, 9.17) is 4.74 Å². The highest BCUT2D eigenvalue weighted by Gasteiger charge is 2.12. The molecule has 0 bridgehead atoms. The number of rotatable bonds is 6. The maximum absolute atomic E-state index is 6.00. The predicted octanol–water partition coefficient (Wildman–Crippen LogP) is 3.67. The van der Waals surface area contributed by atoms with Crippen molar-refractivity contribution < 1.29 is 4.74 Å². The summed E-state index contributed by atoms with van der Waals surface area (Å²) in [5.41, 5.74) is 0. The second kappa shape index (κ2) is 9.11. The van der Waals surface area contributed by atoms with E-state index in [-0.39, 0.29) is 12.4 Å². The Morgan fingerprint density at radius 1 is 0.913 bits per heavy atom. The number of benzene rings is 2. The average Bonchev–Trinajstić information content (AvgIpc) is 2.56. The van der Waals surface area contributed by atoms with Gasteiger partial charge in [-0.15, -0.1) is 12.4 Å². The van der Waals surface area contributed by atoms with E-state index < -0.39 is 0 Å². The van der Waals surface area contributed by atoms with Crippen molar-refractivity contribution in [2.45, 2.75) is 12.8 Å². The average molecular weight is 335 g/mol. The molecule has 0 saturated carbocycles. The smallest absolute Gasteiger partial charge is 0.127 e. The minimum atomic E-state index is 0. The second-order valence-electron chi connectivity index (χ2n) is 6.18. The molecule has 1 heterocycles. The van der Waals surface area contributed by atoms with Crippen molar-refractivity contribution in [1.82, 2.24) is 9.80 Å². The fourth-order valence-corrected chi connectivity index (χ4v) is 3.01. The van der Waals surface area contributed by atoms with Crippen LogP contribution in [0.1, 0.15) is 12.8 Å². The van der Waals surface area contributed by atoms with Gasteiger partial charge >= 0.3 is 0 Å². The molecule has 0 N–H and O–H groups in total. The standard InChI is InChI=1S/C19H26N2O.ClH/c1-20-12-14-21(15-13-20)11-4-5-16-22-19-10-6-8-17-7-2-3-9-18(17)19;/h2-3,6-10H,4-5,11-16H2,1H3;1H. The number of likely N-dealkylation sites (N-methyl/N-ethyl adjacent to an activating group) is 1. The molecule has 4 heteroatoms. The maximum Gasteiger partial charge on any atom is 0.127 e. The zero-order valence-electron chi connectivity index (χ0n) is 13.9. The Hall–Kier alpha value is -1.29. The summed E-state index contributed by atoms with van der Waals surface area (Å²) >= 11 is 0. The van der Waals surface area contributed by atoms with E-state index in [9.17, 15) is 0 Å². The van der Waals surface area contributed by atoms with Crippen molar-refractivity contribution >= 4 is 23.2 Å². The summed E-state index contributed by atoms with van der Waals surface area (Å²) in [5.74, 6) is 1.01. The van der Waals surface area contributed by atoms with E-state index in [1.165, 1.54) is 49.9 Å². The third-order valence-electron chi connectivity index (χ3n) is 4.47. The lowest BCUT2D eigenvalue weighted by Gasteiger charge is -2.32. The number of ether oxygens (including phenoxy) is 1. The molecule has 2 aromatic rings. The molecule has 0 atom stereocenters. The highest BCUT2D eigenvalue weighted by Crippen LogP contribution is 2.25. The lowest BCUT2D eigenvalue weighted by atomic mass is 10.1. The lowest BCUT2D eigenvalue weighted by Crippen LogP contribution is -2.44. The van der Waals surface area contributed by atoms with Crippen LogP contribution in [-0.2, 0) is 0 Å². The molecule has 0 unspecified atom stereocenters. The molecule has 126 valence electrons. The molecule has 0 amide bonds. The minimum absolute atomic E-state index is 0. The van der Waals surface area contributed by atoms with Gasteiger partial charge < -0.3 is 14.5 Å². The first kappa shape index (κ1) is 18.1. The largest absolute Gasteiger partial charge is 0.493 e. The van der Waals surface area contributed by atoms with E-state index in [1.807, 2.05) is 0 Å². The first-order valence-corrected chi connectivity index (χ1v) is 8.34. The molecule has 23 heavy (non-hydrogen) atoms. The second-order valence-corrected chi connectivity index (χ2v) is 6.18. The molecular formula is C19H27ClN2O. The molecule has 1 saturated heterocycles.